The third-order valence-electron chi connectivity index (χ3n) is 2.64. The molecule has 0 radical (unpaired) electrons. The molecule has 2 amide bonds. The van der Waals surface area contributed by atoms with E-state index in [4.69, 9.17) is 5.11 Å². The Morgan fingerprint density at radius 2 is 1.68 bits per heavy atom. The maximum absolute atomic E-state index is 11.9. The van der Waals surface area contributed by atoms with Crippen LogP contribution in [0.4, 0.5) is 11.4 Å². The highest BCUT2D eigenvalue weighted by atomic mass is 16.6. The van der Waals surface area contributed by atoms with Gasteiger partial charge in [-0.05, 0) is 0 Å². The molecule has 0 aliphatic heterocycles. The van der Waals surface area contributed by atoms with E-state index < -0.39 is 45.7 Å². The predicted molar refractivity (Wildman–Crippen MR) is 72.2 cm³/mol. The number of nitrogens with zero attached hydrogens (tertiary/aromatic N) is 2. The third kappa shape index (κ3) is 3.96. The Balaban J connectivity index is 3.14. The van der Waals surface area contributed by atoms with E-state index in [1.54, 1.807) is 0 Å². The molecule has 1 aromatic rings. The second kappa shape index (κ2) is 7.08. The Morgan fingerprint density at radius 1 is 1.18 bits per heavy atom. The molecule has 0 fully saturated rings. The molecule has 11 heteroatoms. The van der Waals surface area contributed by atoms with E-state index >= 15 is 0 Å². The van der Waals surface area contributed by atoms with Gasteiger partial charge < -0.3 is 15.7 Å². The fourth-order valence-corrected chi connectivity index (χ4v) is 1.55. The van der Waals surface area contributed by atoms with Crippen molar-refractivity contribution in [3.63, 3.8) is 0 Å². The lowest BCUT2D eigenvalue weighted by atomic mass is 10.1. The summed E-state index contributed by atoms with van der Waals surface area (Å²) in [5, 5.41) is 34.8. The highest BCUT2D eigenvalue weighted by Crippen LogP contribution is 2.22. The molecule has 0 aromatic heterocycles. The van der Waals surface area contributed by atoms with Crippen LogP contribution in [0.1, 0.15) is 10.4 Å². The lowest BCUT2D eigenvalue weighted by Crippen LogP contribution is -2.47. The van der Waals surface area contributed by atoms with Gasteiger partial charge in [0.05, 0.1) is 28.1 Å². The Labute approximate surface area is 123 Å². The van der Waals surface area contributed by atoms with Crippen LogP contribution in [-0.4, -0.2) is 46.5 Å². The molecule has 0 saturated carbocycles. The first kappa shape index (κ1) is 17.0. The van der Waals surface area contributed by atoms with E-state index in [1.807, 2.05) is 0 Å². The van der Waals surface area contributed by atoms with Crippen LogP contribution in [0.25, 0.3) is 0 Å². The van der Waals surface area contributed by atoms with Gasteiger partial charge in [0, 0.05) is 19.2 Å². The average Bonchev–Trinajstić information content (AvgIpc) is 2.50. The van der Waals surface area contributed by atoms with Gasteiger partial charge in [0.15, 0.2) is 0 Å². The smallest absolute Gasteiger partial charge is 0.277 e. The van der Waals surface area contributed by atoms with Crippen molar-refractivity contribution in [2.45, 2.75) is 6.04 Å². The van der Waals surface area contributed by atoms with Gasteiger partial charge in [-0.3, -0.25) is 29.8 Å². The number of non-ortho nitro benzene ring substituents is 2. The average molecular weight is 312 g/mol. The van der Waals surface area contributed by atoms with Crippen LogP contribution in [0.2, 0.25) is 0 Å². The number of amides is 2. The van der Waals surface area contributed by atoms with E-state index in [9.17, 15) is 29.8 Å². The van der Waals surface area contributed by atoms with Crippen molar-refractivity contribution in [3.8, 4) is 0 Å². The fourth-order valence-electron chi connectivity index (χ4n) is 1.55. The lowest BCUT2D eigenvalue weighted by molar-refractivity contribution is -0.394. The minimum Gasteiger partial charge on any atom is -0.394 e. The highest BCUT2D eigenvalue weighted by Gasteiger charge is 2.23. The summed E-state index contributed by atoms with van der Waals surface area (Å²) in [6, 6.07) is 1.09. The van der Waals surface area contributed by atoms with Crippen molar-refractivity contribution in [1.29, 1.82) is 0 Å². The lowest BCUT2D eigenvalue weighted by Gasteiger charge is -2.14. The number of nitro groups is 2. The van der Waals surface area contributed by atoms with Crippen molar-refractivity contribution in [3.05, 3.63) is 44.0 Å². The largest absolute Gasteiger partial charge is 0.394 e. The van der Waals surface area contributed by atoms with Crippen LogP contribution in [0.15, 0.2) is 18.2 Å². The minimum atomic E-state index is -1.28. The zero-order valence-electron chi connectivity index (χ0n) is 11.3. The fraction of sp³-hybridized carbons (Fsp3) is 0.273. The van der Waals surface area contributed by atoms with Crippen molar-refractivity contribution in [1.82, 2.24) is 10.6 Å². The van der Waals surface area contributed by atoms with Gasteiger partial charge in [-0.15, -0.1) is 0 Å². The van der Waals surface area contributed by atoms with E-state index in [-0.39, 0.29) is 5.56 Å². The normalized spacial score (nSPS) is 11.4. The van der Waals surface area contributed by atoms with Gasteiger partial charge in [-0.1, -0.05) is 0 Å². The van der Waals surface area contributed by atoms with E-state index in [0.29, 0.717) is 6.07 Å². The standard InChI is InChI=1S/C11H12N4O7/c1-12-11(18)9(5-16)13-10(17)6-2-7(14(19)20)4-8(3-6)15(21)22/h2-4,9,16H,5H2,1H3,(H,12,18)(H,13,17). The highest BCUT2D eigenvalue weighted by molar-refractivity contribution is 5.98. The topological polar surface area (TPSA) is 165 Å². The summed E-state index contributed by atoms with van der Waals surface area (Å²) >= 11 is 0. The molecule has 11 nitrogen and oxygen atoms in total. The maximum atomic E-state index is 11.9. The molecule has 1 unspecified atom stereocenters. The SMILES string of the molecule is CNC(=O)C(CO)NC(=O)c1cc([N+](=O)[O-])cc([N+](=O)[O-])c1. The van der Waals surface area contributed by atoms with Crippen LogP contribution < -0.4 is 10.6 Å². The Morgan fingerprint density at radius 3 is 2.05 bits per heavy atom. The summed E-state index contributed by atoms with van der Waals surface area (Å²) in [6.45, 7) is -0.706. The number of aliphatic hydroxyl groups excluding tert-OH is 1. The number of aliphatic hydroxyl groups is 1. The van der Waals surface area contributed by atoms with E-state index in [2.05, 4.69) is 10.6 Å². The molecule has 0 heterocycles. The van der Waals surface area contributed by atoms with Gasteiger partial charge in [0.2, 0.25) is 5.91 Å². The van der Waals surface area contributed by atoms with E-state index in [0.717, 1.165) is 12.1 Å². The minimum absolute atomic E-state index is 0.372. The number of likely N-dealkylation sites (N-methyl/N-ethyl adjacent to an activating group) is 1. The van der Waals surface area contributed by atoms with Gasteiger partial charge in [-0.25, -0.2) is 0 Å². The predicted octanol–water partition coefficient (Wildman–Crippen LogP) is -0.660. The first-order chi connectivity index (χ1) is 10.3. The van der Waals surface area contributed by atoms with Gasteiger partial charge in [-0.2, -0.15) is 0 Å². The molecular weight excluding hydrogens is 300 g/mol. The number of rotatable bonds is 6. The van der Waals surface area contributed by atoms with Crippen molar-refractivity contribution in [2.24, 2.45) is 0 Å². The molecule has 3 N–H and O–H groups in total. The molecule has 0 aliphatic carbocycles. The molecule has 0 saturated heterocycles. The van der Waals surface area contributed by atoms with Crippen molar-refractivity contribution >= 4 is 23.2 Å². The molecule has 22 heavy (non-hydrogen) atoms. The molecule has 0 bridgehead atoms. The number of carbonyl (C=O) groups excluding carboxylic acids is 2. The zero-order valence-corrected chi connectivity index (χ0v) is 11.3. The van der Waals surface area contributed by atoms with Crippen LogP contribution >= 0.6 is 0 Å². The Bertz CT molecular complexity index is 599. The number of nitrogens with one attached hydrogen (secondary N) is 2. The first-order valence-corrected chi connectivity index (χ1v) is 5.87. The maximum Gasteiger partial charge on any atom is 0.277 e. The van der Waals surface area contributed by atoms with Crippen LogP contribution in [0.3, 0.4) is 0 Å². The van der Waals surface area contributed by atoms with Crippen molar-refractivity contribution < 1.29 is 24.5 Å². The second-order valence-corrected chi connectivity index (χ2v) is 4.08. The van der Waals surface area contributed by atoms with Crippen LogP contribution in [0.5, 0.6) is 0 Å². The molecule has 1 rings (SSSR count). The Hall–Kier alpha value is -3.08. The number of nitro benzene ring substituents is 2. The summed E-state index contributed by atoms with van der Waals surface area (Å²) in [5.41, 5.74) is -1.65. The molecule has 1 aromatic carbocycles. The van der Waals surface area contributed by atoms with Crippen LogP contribution in [0, 0.1) is 20.2 Å². The monoisotopic (exact) mass is 312 g/mol. The summed E-state index contributed by atoms with van der Waals surface area (Å²) < 4.78 is 0. The number of hydrogen-bond acceptors (Lipinski definition) is 7. The van der Waals surface area contributed by atoms with Crippen LogP contribution in [-0.2, 0) is 4.79 Å². The number of benzene rings is 1. The van der Waals surface area contributed by atoms with E-state index in [1.165, 1.54) is 7.05 Å². The molecule has 0 spiro atoms. The molecular formula is C11H12N4O7. The summed E-state index contributed by atoms with van der Waals surface area (Å²) in [4.78, 5) is 43.0. The summed E-state index contributed by atoms with van der Waals surface area (Å²) in [6.07, 6.45) is 0. The third-order valence-corrected chi connectivity index (χ3v) is 2.64. The molecule has 0 aliphatic rings. The second-order valence-electron chi connectivity index (χ2n) is 4.08. The quantitative estimate of drug-likeness (QED) is 0.463. The Kier molecular flexibility index (Phi) is 5.46. The number of carbonyl (C=O) groups is 2. The summed E-state index contributed by atoms with van der Waals surface area (Å²) in [5.74, 6) is -1.65. The van der Waals surface area contributed by atoms with Gasteiger partial charge in [0.25, 0.3) is 17.3 Å². The van der Waals surface area contributed by atoms with Crippen molar-refractivity contribution in [2.75, 3.05) is 13.7 Å². The first-order valence-electron chi connectivity index (χ1n) is 5.87. The molecule has 118 valence electrons. The van der Waals surface area contributed by atoms with Gasteiger partial charge >= 0.3 is 0 Å². The molecule has 1 atom stereocenters. The zero-order chi connectivity index (χ0) is 16.9. The summed E-state index contributed by atoms with van der Waals surface area (Å²) in [7, 11) is 1.29. The van der Waals surface area contributed by atoms with Gasteiger partial charge in [0.1, 0.15) is 6.04 Å². The number of hydrogen-bond donors (Lipinski definition) is 3.